The number of nitrogens with one attached hydrogen (secondary N) is 2. The Morgan fingerprint density at radius 3 is 2.08 bits per heavy atom. The summed E-state index contributed by atoms with van der Waals surface area (Å²) in [6.07, 6.45) is 5.28. The van der Waals surface area contributed by atoms with Gasteiger partial charge >= 0.3 is 0 Å². The van der Waals surface area contributed by atoms with E-state index in [9.17, 15) is 0 Å². The lowest BCUT2D eigenvalue weighted by atomic mass is 9.85. The average molecular weight is 168 g/mol. The Hall–Kier alpha value is -0.0800. The highest BCUT2D eigenvalue weighted by molar-refractivity contribution is 5.09. The Labute approximate surface area is 75.1 Å². The average Bonchev–Trinajstić information content (AvgIpc) is 2.20. The Kier molecular flexibility index (Phi) is 1.74. The van der Waals surface area contributed by atoms with Crippen LogP contribution in [-0.2, 0) is 0 Å². The minimum Gasteiger partial charge on any atom is -0.317 e. The summed E-state index contributed by atoms with van der Waals surface area (Å²) < 4.78 is 0. The summed E-state index contributed by atoms with van der Waals surface area (Å²) in [5.74, 6) is 0. The molecule has 2 bridgehead atoms. The Balaban J connectivity index is 2.16. The van der Waals surface area contributed by atoms with Crippen LogP contribution in [0.5, 0.6) is 0 Å². The molecule has 2 aliphatic heterocycles. The molecule has 2 saturated heterocycles. The van der Waals surface area contributed by atoms with E-state index in [0.29, 0.717) is 11.1 Å². The van der Waals surface area contributed by atoms with Crippen LogP contribution >= 0.6 is 0 Å². The first-order valence-corrected chi connectivity index (χ1v) is 5.02. The molecule has 0 saturated carbocycles. The number of rotatable bonds is 1. The lowest BCUT2D eigenvalue weighted by Gasteiger charge is -2.41. The van der Waals surface area contributed by atoms with Gasteiger partial charge in [0.05, 0.1) is 0 Å². The fourth-order valence-corrected chi connectivity index (χ4v) is 3.08. The van der Waals surface area contributed by atoms with Crippen molar-refractivity contribution < 1.29 is 0 Å². The first-order chi connectivity index (χ1) is 5.55. The van der Waals surface area contributed by atoms with Crippen molar-refractivity contribution in [3.05, 3.63) is 0 Å². The van der Waals surface area contributed by atoms with Gasteiger partial charge in [0.2, 0.25) is 0 Å². The van der Waals surface area contributed by atoms with Gasteiger partial charge in [-0.1, -0.05) is 0 Å². The van der Waals surface area contributed by atoms with Gasteiger partial charge in [-0.05, 0) is 46.6 Å². The van der Waals surface area contributed by atoms with Crippen molar-refractivity contribution in [2.24, 2.45) is 0 Å². The molecule has 2 heteroatoms. The van der Waals surface area contributed by atoms with Crippen LogP contribution in [0.25, 0.3) is 0 Å². The van der Waals surface area contributed by atoms with Crippen molar-refractivity contribution in [3.8, 4) is 0 Å². The van der Waals surface area contributed by atoms with Crippen LogP contribution in [0.15, 0.2) is 0 Å². The quantitative estimate of drug-likeness (QED) is 0.616. The minimum absolute atomic E-state index is 0.417. The predicted octanol–water partition coefficient (Wildman–Crippen LogP) is 1.27. The third-order valence-corrected chi connectivity index (χ3v) is 3.63. The van der Waals surface area contributed by atoms with Crippen LogP contribution in [0.4, 0.5) is 0 Å². The highest BCUT2D eigenvalue weighted by atomic mass is 15.1. The van der Waals surface area contributed by atoms with E-state index >= 15 is 0 Å². The summed E-state index contributed by atoms with van der Waals surface area (Å²) in [6.45, 7) is 4.73. The predicted molar refractivity (Wildman–Crippen MR) is 51.3 cm³/mol. The molecule has 2 nitrogen and oxygen atoms in total. The molecule has 70 valence electrons. The van der Waals surface area contributed by atoms with Gasteiger partial charge in [0, 0.05) is 17.1 Å². The molecule has 0 aromatic rings. The maximum Gasteiger partial charge on any atom is 0.0173 e. The maximum atomic E-state index is 3.77. The molecule has 2 fully saturated rings. The number of fused-ring (bicyclic) bond motifs is 2. The standard InChI is InChI=1S/C10H20N2/c1-9-4-5-10(2,12-9)7-8(6-9)11-3/h8,11-12H,4-7H2,1-3H3/t8-,9-,10+. The van der Waals surface area contributed by atoms with Crippen LogP contribution in [0.1, 0.15) is 39.5 Å². The Morgan fingerprint density at radius 1 is 1.17 bits per heavy atom. The van der Waals surface area contributed by atoms with E-state index in [1.54, 1.807) is 0 Å². The summed E-state index contributed by atoms with van der Waals surface area (Å²) in [7, 11) is 2.09. The summed E-state index contributed by atoms with van der Waals surface area (Å²) in [5.41, 5.74) is 0.835. The van der Waals surface area contributed by atoms with Crippen molar-refractivity contribution >= 4 is 0 Å². The molecule has 0 amide bonds. The zero-order chi connectivity index (χ0) is 8.82. The molecule has 2 aliphatic rings. The van der Waals surface area contributed by atoms with Crippen LogP contribution in [0, 0.1) is 0 Å². The Bertz CT molecular complexity index is 174. The van der Waals surface area contributed by atoms with Crippen LogP contribution in [-0.4, -0.2) is 24.2 Å². The third kappa shape index (κ3) is 1.27. The van der Waals surface area contributed by atoms with E-state index in [2.05, 4.69) is 31.5 Å². The van der Waals surface area contributed by atoms with Gasteiger partial charge in [0.25, 0.3) is 0 Å². The van der Waals surface area contributed by atoms with Crippen LogP contribution in [0.2, 0.25) is 0 Å². The largest absolute Gasteiger partial charge is 0.317 e. The molecular weight excluding hydrogens is 148 g/mol. The molecular formula is C10H20N2. The van der Waals surface area contributed by atoms with Crippen LogP contribution in [0.3, 0.4) is 0 Å². The highest BCUT2D eigenvalue weighted by Crippen LogP contribution is 2.41. The molecule has 2 heterocycles. The first kappa shape index (κ1) is 8.52. The zero-order valence-electron chi connectivity index (χ0n) is 8.41. The van der Waals surface area contributed by atoms with E-state index < -0.39 is 0 Å². The topological polar surface area (TPSA) is 24.1 Å². The SMILES string of the molecule is CN[C@H]1C[C@]2(C)CC[C@](C)(C1)N2. The smallest absolute Gasteiger partial charge is 0.0173 e. The van der Waals surface area contributed by atoms with E-state index in [-0.39, 0.29) is 0 Å². The van der Waals surface area contributed by atoms with Gasteiger partial charge < -0.3 is 10.6 Å². The molecule has 0 radical (unpaired) electrons. The monoisotopic (exact) mass is 168 g/mol. The van der Waals surface area contributed by atoms with Gasteiger partial charge in [-0.3, -0.25) is 0 Å². The van der Waals surface area contributed by atoms with Gasteiger partial charge in [-0.15, -0.1) is 0 Å². The molecule has 3 atom stereocenters. The Morgan fingerprint density at radius 2 is 1.67 bits per heavy atom. The molecule has 0 aromatic heterocycles. The zero-order valence-corrected chi connectivity index (χ0v) is 8.41. The van der Waals surface area contributed by atoms with Crippen molar-refractivity contribution in [1.29, 1.82) is 0 Å². The van der Waals surface area contributed by atoms with Crippen molar-refractivity contribution in [2.45, 2.75) is 56.7 Å². The van der Waals surface area contributed by atoms with Gasteiger partial charge in [0.1, 0.15) is 0 Å². The van der Waals surface area contributed by atoms with Crippen molar-refractivity contribution in [2.75, 3.05) is 7.05 Å². The third-order valence-electron chi connectivity index (χ3n) is 3.63. The second-order valence-electron chi connectivity index (χ2n) is 5.14. The number of piperidine rings is 1. The summed E-state index contributed by atoms with van der Waals surface area (Å²) in [5, 5.41) is 7.18. The van der Waals surface area contributed by atoms with Crippen molar-refractivity contribution in [1.82, 2.24) is 10.6 Å². The summed E-state index contributed by atoms with van der Waals surface area (Å²) in [6, 6.07) is 0.726. The van der Waals surface area contributed by atoms with E-state index in [4.69, 9.17) is 0 Å². The summed E-state index contributed by atoms with van der Waals surface area (Å²) in [4.78, 5) is 0. The van der Waals surface area contributed by atoms with Crippen molar-refractivity contribution in [3.63, 3.8) is 0 Å². The highest BCUT2D eigenvalue weighted by Gasteiger charge is 2.47. The second kappa shape index (κ2) is 2.46. The van der Waals surface area contributed by atoms with Gasteiger partial charge in [-0.25, -0.2) is 0 Å². The molecule has 12 heavy (non-hydrogen) atoms. The first-order valence-electron chi connectivity index (χ1n) is 5.02. The molecule has 0 aliphatic carbocycles. The number of hydrogen-bond donors (Lipinski definition) is 2. The van der Waals surface area contributed by atoms with E-state index in [0.717, 1.165) is 6.04 Å². The molecule has 0 spiro atoms. The van der Waals surface area contributed by atoms with E-state index in [1.165, 1.54) is 25.7 Å². The van der Waals surface area contributed by atoms with Crippen LogP contribution < -0.4 is 10.6 Å². The van der Waals surface area contributed by atoms with Gasteiger partial charge in [0.15, 0.2) is 0 Å². The summed E-state index contributed by atoms with van der Waals surface area (Å²) >= 11 is 0. The number of hydrogen-bond acceptors (Lipinski definition) is 2. The molecule has 0 unspecified atom stereocenters. The molecule has 2 N–H and O–H groups in total. The lowest BCUT2D eigenvalue weighted by molar-refractivity contribution is 0.195. The maximum absolute atomic E-state index is 3.77. The molecule has 0 aromatic carbocycles. The second-order valence-corrected chi connectivity index (χ2v) is 5.14. The minimum atomic E-state index is 0.417. The van der Waals surface area contributed by atoms with E-state index in [1.807, 2.05) is 0 Å². The fraction of sp³-hybridized carbons (Fsp3) is 1.00. The normalized spacial score (nSPS) is 52.8. The lowest BCUT2D eigenvalue weighted by Crippen LogP contribution is -2.57. The fourth-order valence-electron chi connectivity index (χ4n) is 3.08. The molecule has 2 rings (SSSR count). The van der Waals surface area contributed by atoms with Gasteiger partial charge in [-0.2, -0.15) is 0 Å².